The average molecular weight is 323 g/mol. The molecule has 2 aromatic rings. The van der Waals surface area contributed by atoms with Crippen LogP contribution < -0.4 is 0 Å². The summed E-state index contributed by atoms with van der Waals surface area (Å²) in [5, 5.41) is 0. The lowest BCUT2D eigenvalue weighted by Gasteiger charge is -2.25. The van der Waals surface area contributed by atoms with Crippen LogP contribution in [-0.2, 0) is 0 Å². The molecule has 0 aliphatic heterocycles. The largest absolute Gasteiger partial charge is 0.0587 e. The lowest BCUT2D eigenvalue weighted by atomic mass is 9.79. The molecule has 2 rings (SSSR count). The Balaban J connectivity index is 2.75. The Labute approximate surface area is 149 Å². The maximum absolute atomic E-state index is 2.36. The molecule has 0 aromatic heterocycles. The average Bonchev–Trinajstić information content (AvgIpc) is 2.53. The van der Waals surface area contributed by atoms with Gasteiger partial charge >= 0.3 is 0 Å². The van der Waals surface area contributed by atoms with Crippen molar-refractivity contribution in [2.24, 2.45) is 0 Å². The van der Waals surface area contributed by atoms with Gasteiger partial charge in [0.15, 0.2) is 0 Å². The van der Waals surface area contributed by atoms with Gasteiger partial charge in [-0.25, -0.2) is 0 Å². The van der Waals surface area contributed by atoms with Crippen LogP contribution in [0.3, 0.4) is 0 Å². The maximum atomic E-state index is 2.36. The van der Waals surface area contributed by atoms with Gasteiger partial charge in [0, 0.05) is 0 Å². The number of rotatable bonds is 5. The molecule has 0 spiro atoms. The topological polar surface area (TPSA) is 0 Å². The molecule has 0 heteroatoms. The SMILES string of the molecule is CC(C)c1ccc(-c2c(C(C)C)ccc(C(C)C)c2C(C)C)cc1. The Hall–Kier alpha value is -1.56. The molecule has 0 saturated heterocycles. The molecule has 2 aromatic carbocycles. The van der Waals surface area contributed by atoms with Crippen molar-refractivity contribution in [1.29, 1.82) is 0 Å². The van der Waals surface area contributed by atoms with Crippen molar-refractivity contribution >= 4 is 0 Å². The normalized spacial score (nSPS) is 12.0. The summed E-state index contributed by atoms with van der Waals surface area (Å²) < 4.78 is 0. The zero-order valence-corrected chi connectivity index (χ0v) is 16.8. The summed E-state index contributed by atoms with van der Waals surface area (Å²) in [4.78, 5) is 0. The van der Waals surface area contributed by atoms with E-state index in [0.717, 1.165) is 0 Å². The van der Waals surface area contributed by atoms with Gasteiger partial charge < -0.3 is 0 Å². The van der Waals surface area contributed by atoms with Crippen LogP contribution in [0.15, 0.2) is 36.4 Å². The minimum Gasteiger partial charge on any atom is -0.0587 e. The summed E-state index contributed by atoms with van der Waals surface area (Å²) in [5.74, 6) is 2.19. The minimum atomic E-state index is 0.529. The first-order valence-electron chi connectivity index (χ1n) is 9.51. The highest BCUT2D eigenvalue weighted by atomic mass is 14.2. The predicted octanol–water partition coefficient (Wildman–Crippen LogP) is 7.85. The van der Waals surface area contributed by atoms with Crippen molar-refractivity contribution in [2.45, 2.75) is 79.1 Å². The summed E-state index contributed by atoms with van der Waals surface area (Å²) >= 11 is 0. The van der Waals surface area contributed by atoms with Crippen molar-refractivity contribution in [2.75, 3.05) is 0 Å². The second-order valence-corrected chi connectivity index (χ2v) is 8.27. The highest BCUT2D eigenvalue weighted by Gasteiger charge is 2.20. The molecule has 0 unspecified atom stereocenters. The number of hydrogen-bond acceptors (Lipinski definition) is 0. The molecular weight excluding hydrogens is 288 g/mol. The minimum absolute atomic E-state index is 0.529. The zero-order chi connectivity index (χ0) is 18.0. The summed E-state index contributed by atoms with van der Waals surface area (Å²) in [5.41, 5.74) is 8.76. The van der Waals surface area contributed by atoms with E-state index < -0.39 is 0 Å². The van der Waals surface area contributed by atoms with Crippen LogP contribution in [0.25, 0.3) is 11.1 Å². The third-order valence-electron chi connectivity index (χ3n) is 5.00. The monoisotopic (exact) mass is 322 g/mol. The third kappa shape index (κ3) is 3.74. The van der Waals surface area contributed by atoms with Crippen molar-refractivity contribution in [3.63, 3.8) is 0 Å². The van der Waals surface area contributed by atoms with Crippen LogP contribution in [-0.4, -0.2) is 0 Å². The maximum Gasteiger partial charge on any atom is -0.0112 e. The summed E-state index contributed by atoms with van der Waals surface area (Å²) in [6, 6.07) is 14.0. The van der Waals surface area contributed by atoms with E-state index in [9.17, 15) is 0 Å². The molecule has 0 radical (unpaired) electrons. The molecule has 130 valence electrons. The highest BCUT2D eigenvalue weighted by molar-refractivity contribution is 5.74. The molecule has 0 nitrogen and oxygen atoms in total. The molecule has 0 heterocycles. The molecule has 0 aliphatic carbocycles. The Morgan fingerprint density at radius 2 is 1.00 bits per heavy atom. The van der Waals surface area contributed by atoms with E-state index in [1.807, 2.05) is 0 Å². The van der Waals surface area contributed by atoms with Gasteiger partial charge in [-0.1, -0.05) is 91.8 Å². The van der Waals surface area contributed by atoms with Crippen molar-refractivity contribution in [3.8, 4) is 11.1 Å². The van der Waals surface area contributed by atoms with Crippen molar-refractivity contribution < 1.29 is 0 Å². The van der Waals surface area contributed by atoms with Gasteiger partial charge in [-0.15, -0.1) is 0 Å². The van der Waals surface area contributed by atoms with E-state index in [-0.39, 0.29) is 0 Å². The Morgan fingerprint density at radius 3 is 1.42 bits per heavy atom. The second-order valence-electron chi connectivity index (χ2n) is 8.27. The van der Waals surface area contributed by atoms with Gasteiger partial charge in [-0.3, -0.25) is 0 Å². The van der Waals surface area contributed by atoms with Crippen LogP contribution in [0.5, 0.6) is 0 Å². The van der Waals surface area contributed by atoms with E-state index in [1.165, 1.54) is 33.4 Å². The third-order valence-corrected chi connectivity index (χ3v) is 5.00. The molecule has 0 bridgehead atoms. The summed E-state index contributed by atoms with van der Waals surface area (Å²) in [6.07, 6.45) is 0. The fraction of sp³-hybridized carbons (Fsp3) is 0.500. The molecule has 0 atom stereocenters. The molecule has 0 saturated carbocycles. The Bertz CT molecular complexity index is 670. The lowest BCUT2D eigenvalue weighted by Crippen LogP contribution is -2.06. The first-order chi connectivity index (χ1) is 11.2. The predicted molar refractivity (Wildman–Crippen MR) is 108 cm³/mol. The molecular formula is C24H34. The first kappa shape index (κ1) is 18.8. The first-order valence-corrected chi connectivity index (χ1v) is 9.51. The van der Waals surface area contributed by atoms with E-state index in [1.54, 1.807) is 0 Å². The lowest BCUT2D eigenvalue weighted by molar-refractivity contribution is 0.781. The van der Waals surface area contributed by atoms with Crippen LogP contribution in [0.4, 0.5) is 0 Å². The summed E-state index contributed by atoms with van der Waals surface area (Å²) in [6.45, 7) is 18.4. The fourth-order valence-electron chi connectivity index (χ4n) is 3.62. The van der Waals surface area contributed by atoms with E-state index in [2.05, 4.69) is 91.8 Å². The van der Waals surface area contributed by atoms with Gasteiger partial charge in [0.05, 0.1) is 0 Å². The number of benzene rings is 2. The van der Waals surface area contributed by atoms with Gasteiger partial charge in [-0.05, 0) is 57.1 Å². The highest BCUT2D eigenvalue weighted by Crippen LogP contribution is 2.40. The van der Waals surface area contributed by atoms with E-state index >= 15 is 0 Å². The van der Waals surface area contributed by atoms with E-state index in [0.29, 0.717) is 23.7 Å². The quantitative estimate of drug-likeness (QED) is 0.525. The standard InChI is InChI=1S/C24H34/c1-15(2)19-9-11-20(12-10-19)24-22(17(5)6)14-13-21(16(3)4)23(24)18(7)8/h9-18H,1-8H3. The molecule has 0 N–H and O–H groups in total. The van der Waals surface area contributed by atoms with Crippen LogP contribution in [0, 0.1) is 0 Å². The second kappa shape index (κ2) is 7.55. The molecule has 0 amide bonds. The summed E-state index contributed by atoms with van der Waals surface area (Å²) in [7, 11) is 0. The van der Waals surface area contributed by atoms with Gasteiger partial charge in [-0.2, -0.15) is 0 Å². The van der Waals surface area contributed by atoms with Crippen molar-refractivity contribution in [3.05, 3.63) is 58.7 Å². The Kier molecular flexibility index (Phi) is 5.91. The van der Waals surface area contributed by atoms with Crippen molar-refractivity contribution in [1.82, 2.24) is 0 Å². The van der Waals surface area contributed by atoms with Crippen LogP contribution in [0.1, 0.15) is 101 Å². The van der Waals surface area contributed by atoms with Gasteiger partial charge in [0.25, 0.3) is 0 Å². The molecule has 24 heavy (non-hydrogen) atoms. The zero-order valence-electron chi connectivity index (χ0n) is 16.8. The molecule has 0 aliphatic rings. The Morgan fingerprint density at radius 1 is 0.500 bits per heavy atom. The number of hydrogen-bond donors (Lipinski definition) is 0. The smallest absolute Gasteiger partial charge is 0.0112 e. The molecule has 0 fully saturated rings. The van der Waals surface area contributed by atoms with Gasteiger partial charge in [0.2, 0.25) is 0 Å². The van der Waals surface area contributed by atoms with E-state index in [4.69, 9.17) is 0 Å². The fourth-order valence-corrected chi connectivity index (χ4v) is 3.62. The van der Waals surface area contributed by atoms with Crippen LogP contribution >= 0.6 is 0 Å². The van der Waals surface area contributed by atoms with Gasteiger partial charge in [0.1, 0.15) is 0 Å². The van der Waals surface area contributed by atoms with Crippen LogP contribution in [0.2, 0.25) is 0 Å².